The van der Waals surface area contributed by atoms with Crippen molar-refractivity contribution < 1.29 is 8.78 Å². The molecule has 11 heteroatoms. The minimum absolute atomic E-state index is 0.221. The van der Waals surface area contributed by atoms with Gasteiger partial charge in [0.15, 0.2) is 11.6 Å². The number of unbranched alkanes of at least 4 members (excludes halogenated alkanes) is 8. The molecule has 0 spiro atoms. The highest BCUT2D eigenvalue weighted by Gasteiger charge is 2.28. The van der Waals surface area contributed by atoms with Crippen LogP contribution in [0.1, 0.15) is 90.9 Å². The molecule has 5 aromatic heterocycles. The lowest BCUT2D eigenvalue weighted by atomic mass is 9.94. The highest BCUT2D eigenvalue weighted by molar-refractivity contribution is 9.11. The average molecular weight is 814 g/mol. The van der Waals surface area contributed by atoms with Crippen LogP contribution in [0.5, 0.6) is 0 Å². The zero-order valence-corrected chi connectivity index (χ0v) is 32.0. The third kappa shape index (κ3) is 7.59. The number of fused-ring (bicyclic) bond motifs is 3. The van der Waals surface area contributed by atoms with Crippen molar-refractivity contribution in [3.63, 3.8) is 0 Å². The highest BCUT2D eigenvalue weighted by atomic mass is 79.9. The normalized spacial score (nSPS) is 12.8. The van der Waals surface area contributed by atoms with E-state index in [0.717, 1.165) is 39.2 Å². The molecule has 5 heterocycles. The van der Waals surface area contributed by atoms with Gasteiger partial charge in [-0.05, 0) is 74.9 Å². The predicted octanol–water partition coefficient (Wildman–Crippen LogP) is 14.5. The van der Waals surface area contributed by atoms with E-state index in [1.807, 2.05) is 24.3 Å². The van der Waals surface area contributed by atoms with Crippen molar-refractivity contribution in [2.24, 2.45) is 5.92 Å². The fourth-order valence-electron chi connectivity index (χ4n) is 6.13. The maximum absolute atomic E-state index is 16.3. The van der Waals surface area contributed by atoms with E-state index in [9.17, 15) is 0 Å². The summed E-state index contributed by atoms with van der Waals surface area (Å²) in [5.41, 5.74) is 1.33. The van der Waals surface area contributed by atoms with E-state index in [-0.39, 0.29) is 11.1 Å². The van der Waals surface area contributed by atoms with Gasteiger partial charge in [0.25, 0.3) is 0 Å². The number of benzene rings is 1. The maximum atomic E-state index is 16.3. The molecule has 1 aromatic carbocycles. The Kier molecular flexibility index (Phi) is 11.5. The minimum atomic E-state index is -0.848. The van der Waals surface area contributed by atoms with Gasteiger partial charge in [-0.15, -0.1) is 45.3 Å². The van der Waals surface area contributed by atoms with Crippen molar-refractivity contribution in [1.29, 1.82) is 0 Å². The van der Waals surface area contributed by atoms with Gasteiger partial charge in [0, 0.05) is 28.6 Å². The summed E-state index contributed by atoms with van der Waals surface area (Å²) in [6, 6.07) is 7.98. The molecular weight excluding hydrogens is 776 g/mol. The van der Waals surface area contributed by atoms with E-state index in [2.05, 4.69) is 45.7 Å². The number of rotatable bonds is 16. The summed E-state index contributed by atoms with van der Waals surface area (Å²) in [7, 11) is 0. The summed E-state index contributed by atoms with van der Waals surface area (Å²) >= 11 is 13.2. The molecule has 6 aromatic rings. The van der Waals surface area contributed by atoms with Gasteiger partial charge in [0.1, 0.15) is 11.0 Å². The van der Waals surface area contributed by atoms with E-state index >= 15 is 8.78 Å². The van der Waals surface area contributed by atoms with Crippen LogP contribution >= 0.6 is 77.2 Å². The molecule has 0 bridgehead atoms. The highest BCUT2D eigenvalue weighted by Crippen LogP contribution is 2.47. The second-order valence-corrected chi connectivity index (χ2v) is 19.0. The summed E-state index contributed by atoms with van der Waals surface area (Å²) in [6.45, 7) is 5.16. The molecule has 0 fully saturated rings. The smallest absolute Gasteiger partial charge is 0.170 e. The zero-order valence-electron chi connectivity index (χ0n) is 25.6. The van der Waals surface area contributed by atoms with Crippen LogP contribution in [-0.4, -0.2) is 15.0 Å². The van der Waals surface area contributed by atoms with Gasteiger partial charge < -0.3 is 0 Å². The van der Waals surface area contributed by atoms with Gasteiger partial charge >= 0.3 is 0 Å². The van der Waals surface area contributed by atoms with Crippen LogP contribution in [0.3, 0.4) is 0 Å². The Bertz CT molecular complexity index is 1720. The molecule has 0 aliphatic rings. The van der Waals surface area contributed by atoms with Crippen LogP contribution < -0.4 is 0 Å². The molecule has 0 radical (unpaired) electrons. The van der Waals surface area contributed by atoms with Gasteiger partial charge in [-0.2, -0.15) is 15.0 Å². The first kappa shape index (κ1) is 33.7. The molecule has 0 N–H and O–H groups in total. The van der Waals surface area contributed by atoms with Crippen LogP contribution in [0.2, 0.25) is 0 Å². The Hall–Kier alpha value is -1.24. The fraction of sp³-hybridized carbons (Fsp3) is 0.471. The lowest BCUT2D eigenvalue weighted by Crippen LogP contribution is -2.14. The van der Waals surface area contributed by atoms with Gasteiger partial charge in [-0.25, -0.2) is 8.78 Å². The molecule has 240 valence electrons. The van der Waals surface area contributed by atoms with Crippen LogP contribution in [0.4, 0.5) is 8.78 Å². The number of hydrogen-bond donors (Lipinski definition) is 0. The van der Waals surface area contributed by atoms with Crippen LogP contribution in [0.25, 0.3) is 50.7 Å². The van der Waals surface area contributed by atoms with E-state index in [1.165, 1.54) is 86.9 Å². The SMILES string of the molecule is CCCCCCCCC(CCCCCC)Cn1nc2c(-c3cc4sc(Br)cc4s3)c(F)c(F)c(-c3cc4sc(Br)cc4s3)c2n1. The molecule has 3 nitrogen and oxygen atoms in total. The largest absolute Gasteiger partial charge is 0.203 e. The summed E-state index contributed by atoms with van der Waals surface area (Å²) in [5.74, 6) is -1.26. The van der Waals surface area contributed by atoms with Crippen molar-refractivity contribution >= 4 is 107 Å². The third-order valence-corrected chi connectivity index (χ3v) is 14.1. The van der Waals surface area contributed by atoms with E-state index in [0.29, 0.717) is 33.3 Å². The number of aromatic nitrogens is 3. The predicted molar refractivity (Wildman–Crippen MR) is 200 cm³/mol. The lowest BCUT2D eigenvalue weighted by molar-refractivity contribution is 0.327. The molecule has 1 atom stereocenters. The Labute approximate surface area is 296 Å². The first-order valence-electron chi connectivity index (χ1n) is 16.0. The Balaban J connectivity index is 1.39. The van der Waals surface area contributed by atoms with Crippen molar-refractivity contribution in [3.05, 3.63) is 43.5 Å². The number of hydrogen-bond acceptors (Lipinski definition) is 6. The molecule has 0 saturated heterocycles. The monoisotopic (exact) mass is 811 g/mol. The van der Waals surface area contributed by atoms with Crippen LogP contribution in [0, 0.1) is 17.6 Å². The third-order valence-electron chi connectivity index (χ3n) is 8.46. The standard InChI is InChI=1S/C34H37Br2F2N3S4/c1-3-5-7-9-10-12-14-20(13-11-8-6-4-2)19-41-39-33-29(25-15-21-23(42-25)17-27(35)44-21)31(37)32(38)30(34(33)40-41)26-16-22-24(43-26)18-28(36)45-22/h15-18,20H,3-14,19H2,1-2H3. The molecule has 45 heavy (non-hydrogen) atoms. The first-order chi connectivity index (χ1) is 21.9. The Morgan fingerprint density at radius 1 is 0.622 bits per heavy atom. The molecule has 6 rings (SSSR count). The van der Waals surface area contributed by atoms with Gasteiger partial charge in [-0.3, -0.25) is 0 Å². The summed E-state index contributed by atoms with van der Waals surface area (Å²) in [4.78, 5) is 3.11. The second-order valence-electron chi connectivity index (χ2n) is 11.9. The number of nitrogens with zero attached hydrogens (tertiary/aromatic N) is 3. The second kappa shape index (κ2) is 15.3. The number of thiophene rings is 4. The Morgan fingerprint density at radius 2 is 1.04 bits per heavy atom. The van der Waals surface area contributed by atoms with Gasteiger partial charge in [0.05, 0.1) is 25.2 Å². The van der Waals surface area contributed by atoms with Crippen LogP contribution in [-0.2, 0) is 6.54 Å². The van der Waals surface area contributed by atoms with E-state index < -0.39 is 11.6 Å². The summed E-state index contributed by atoms with van der Waals surface area (Å²) < 4.78 is 38.8. The first-order valence-corrected chi connectivity index (χ1v) is 20.9. The van der Waals surface area contributed by atoms with Gasteiger partial charge in [0.2, 0.25) is 0 Å². The molecule has 0 aliphatic carbocycles. The van der Waals surface area contributed by atoms with Crippen LogP contribution in [0.15, 0.2) is 31.8 Å². The molecule has 0 aliphatic heterocycles. The maximum Gasteiger partial charge on any atom is 0.170 e. The van der Waals surface area contributed by atoms with Crippen molar-refractivity contribution in [1.82, 2.24) is 15.0 Å². The number of halogens is 4. The van der Waals surface area contributed by atoms with E-state index in [4.69, 9.17) is 10.2 Å². The topological polar surface area (TPSA) is 30.7 Å². The quantitative estimate of drug-likeness (QED) is 0.0912. The molecular formula is C34H37Br2F2N3S4. The van der Waals surface area contributed by atoms with Crippen molar-refractivity contribution in [2.45, 2.75) is 97.4 Å². The lowest BCUT2D eigenvalue weighted by Gasteiger charge is -2.16. The zero-order chi connectivity index (χ0) is 31.5. The summed E-state index contributed by atoms with van der Waals surface area (Å²) in [5, 5.41) is 9.91. The summed E-state index contributed by atoms with van der Waals surface area (Å²) in [6.07, 6.45) is 14.8. The minimum Gasteiger partial charge on any atom is -0.203 e. The Morgan fingerprint density at radius 3 is 1.51 bits per heavy atom. The molecule has 1 unspecified atom stereocenters. The van der Waals surface area contributed by atoms with Crippen molar-refractivity contribution in [2.75, 3.05) is 0 Å². The average Bonchev–Trinajstić information content (AvgIpc) is 3.81. The fourth-order valence-corrected chi connectivity index (χ4v) is 12.3. The molecule has 0 amide bonds. The molecule has 0 saturated carbocycles. The van der Waals surface area contributed by atoms with Gasteiger partial charge in [-0.1, -0.05) is 78.1 Å². The van der Waals surface area contributed by atoms with Crippen molar-refractivity contribution in [3.8, 4) is 20.9 Å². The van der Waals surface area contributed by atoms with E-state index in [1.54, 1.807) is 27.5 Å².